The third-order valence-electron chi connectivity index (χ3n) is 2.64. The van der Waals surface area contributed by atoms with Crippen LogP contribution >= 0.6 is 0 Å². The van der Waals surface area contributed by atoms with Crippen molar-refractivity contribution in [3.63, 3.8) is 0 Å². The number of hydrogen-bond donors (Lipinski definition) is 0. The topological polar surface area (TPSA) is 47.8 Å². The van der Waals surface area contributed by atoms with Crippen molar-refractivity contribution in [3.8, 4) is 0 Å². The van der Waals surface area contributed by atoms with Crippen molar-refractivity contribution in [2.24, 2.45) is 5.41 Å². The second-order valence-electron chi connectivity index (χ2n) is 5.02. The molecule has 90 valence electrons. The Labute approximate surface area is 97.1 Å². The van der Waals surface area contributed by atoms with E-state index < -0.39 is 0 Å². The number of carbonyl (C=O) groups is 1. The summed E-state index contributed by atoms with van der Waals surface area (Å²) in [7, 11) is 0. The minimum Gasteiger partial charge on any atom is -0.299 e. The molecule has 0 bridgehead atoms. The van der Waals surface area contributed by atoms with Crippen LogP contribution in [0.1, 0.15) is 46.4 Å². The highest BCUT2D eigenvalue weighted by Crippen LogP contribution is 2.18. The number of hydrogen-bond acceptors (Lipinski definition) is 3. The molecule has 4 heteroatoms. The van der Waals surface area contributed by atoms with Gasteiger partial charge in [0.1, 0.15) is 17.9 Å². The van der Waals surface area contributed by atoms with E-state index in [-0.39, 0.29) is 5.41 Å². The highest BCUT2D eigenvalue weighted by Gasteiger charge is 2.20. The van der Waals surface area contributed by atoms with E-state index in [9.17, 15) is 4.79 Å². The highest BCUT2D eigenvalue weighted by atomic mass is 16.1. The van der Waals surface area contributed by atoms with Crippen LogP contribution in [0.4, 0.5) is 0 Å². The lowest BCUT2D eigenvalue weighted by Gasteiger charge is -2.16. The summed E-state index contributed by atoms with van der Waals surface area (Å²) in [4.78, 5) is 15.9. The Morgan fingerprint density at radius 1 is 1.44 bits per heavy atom. The molecule has 0 aliphatic heterocycles. The summed E-state index contributed by atoms with van der Waals surface area (Å²) in [6, 6.07) is 0. The fourth-order valence-electron chi connectivity index (χ4n) is 1.53. The maximum atomic E-state index is 11.7. The van der Waals surface area contributed by atoms with Crippen LogP contribution in [0, 0.1) is 5.41 Å². The number of aromatic nitrogens is 3. The lowest BCUT2D eigenvalue weighted by molar-refractivity contribution is -0.126. The van der Waals surface area contributed by atoms with Crippen LogP contribution in [0.15, 0.2) is 6.33 Å². The van der Waals surface area contributed by atoms with Gasteiger partial charge in [-0.25, -0.2) is 4.98 Å². The van der Waals surface area contributed by atoms with Crippen molar-refractivity contribution in [2.75, 3.05) is 0 Å². The normalized spacial score (nSPS) is 11.8. The zero-order valence-corrected chi connectivity index (χ0v) is 10.7. The van der Waals surface area contributed by atoms with Crippen molar-refractivity contribution < 1.29 is 4.79 Å². The minimum atomic E-state index is -0.224. The molecule has 1 aromatic rings. The van der Waals surface area contributed by atoms with Crippen LogP contribution in [0.3, 0.4) is 0 Å². The first-order valence-corrected chi connectivity index (χ1v) is 5.85. The largest absolute Gasteiger partial charge is 0.299 e. The number of ketones is 1. The first-order chi connectivity index (χ1) is 7.45. The molecule has 0 fully saturated rings. The fraction of sp³-hybridized carbons (Fsp3) is 0.750. The molecule has 0 aliphatic rings. The van der Waals surface area contributed by atoms with Gasteiger partial charge < -0.3 is 0 Å². The predicted molar refractivity (Wildman–Crippen MR) is 63.1 cm³/mol. The van der Waals surface area contributed by atoms with Gasteiger partial charge in [-0.1, -0.05) is 20.8 Å². The van der Waals surface area contributed by atoms with Gasteiger partial charge in [0.25, 0.3) is 0 Å². The van der Waals surface area contributed by atoms with E-state index in [0.717, 1.165) is 25.2 Å². The molecule has 0 aliphatic carbocycles. The summed E-state index contributed by atoms with van der Waals surface area (Å²) in [5.74, 6) is 1.29. The summed E-state index contributed by atoms with van der Waals surface area (Å²) in [5, 5.41) is 4.10. The van der Waals surface area contributed by atoms with E-state index in [1.165, 1.54) is 0 Å². The maximum Gasteiger partial charge on any atom is 0.138 e. The van der Waals surface area contributed by atoms with Gasteiger partial charge in [-0.05, 0) is 13.3 Å². The van der Waals surface area contributed by atoms with Crippen molar-refractivity contribution >= 4 is 5.78 Å². The van der Waals surface area contributed by atoms with Gasteiger partial charge in [-0.3, -0.25) is 9.48 Å². The van der Waals surface area contributed by atoms with Gasteiger partial charge >= 0.3 is 0 Å². The molecule has 4 nitrogen and oxygen atoms in total. The number of aryl methyl sites for hydroxylation is 2. The second-order valence-corrected chi connectivity index (χ2v) is 5.02. The van der Waals surface area contributed by atoms with Crippen molar-refractivity contribution in [2.45, 2.75) is 53.5 Å². The second kappa shape index (κ2) is 5.23. The van der Waals surface area contributed by atoms with E-state index in [2.05, 4.69) is 10.1 Å². The highest BCUT2D eigenvalue weighted by molar-refractivity contribution is 5.83. The summed E-state index contributed by atoms with van der Waals surface area (Å²) in [5.41, 5.74) is -0.224. The van der Waals surface area contributed by atoms with Crippen LogP contribution in [0.2, 0.25) is 0 Å². The molecule has 1 heterocycles. The molecule has 0 saturated heterocycles. The molecule has 0 unspecified atom stereocenters. The van der Waals surface area contributed by atoms with E-state index in [4.69, 9.17) is 0 Å². The minimum absolute atomic E-state index is 0.224. The molecule has 1 rings (SSSR count). The number of carbonyl (C=O) groups excluding carboxylic acids is 1. The zero-order chi connectivity index (χ0) is 12.2. The summed E-state index contributed by atoms with van der Waals surface area (Å²) >= 11 is 0. The monoisotopic (exact) mass is 223 g/mol. The van der Waals surface area contributed by atoms with Crippen LogP contribution in [-0.4, -0.2) is 20.5 Å². The van der Waals surface area contributed by atoms with E-state index in [0.29, 0.717) is 12.2 Å². The molecule has 0 radical (unpaired) electrons. The van der Waals surface area contributed by atoms with Gasteiger partial charge in [0, 0.05) is 24.8 Å². The summed E-state index contributed by atoms with van der Waals surface area (Å²) in [6.45, 7) is 8.76. The van der Waals surface area contributed by atoms with E-state index in [1.807, 2.05) is 32.4 Å². The Bertz CT molecular complexity index is 349. The Kier molecular flexibility index (Phi) is 4.21. The molecular formula is C12H21N3O. The van der Waals surface area contributed by atoms with Crippen LogP contribution in [0.25, 0.3) is 0 Å². The molecule has 0 spiro atoms. The van der Waals surface area contributed by atoms with E-state index >= 15 is 0 Å². The first kappa shape index (κ1) is 12.9. The van der Waals surface area contributed by atoms with Gasteiger partial charge in [-0.15, -0.1) is 0 Å². The Balaban J connectivity index is 2.39. The first-order valence-electron chi connectivity index (χ1n) is 5.85. The van der Waals surface area contributed by atoms with Crippen LogP contribution < -0.4 is 0 Å². The SMILES string of the molecule is CCn1ncnc1CCCC(=O)C(C)(C)C. The predicted octanol–water partition coefficient (Wildman–Crippen LogP) is 2.24. The Morgan fingerprint density at radius 2 is 2.12 bits per heavy atom. The summed E-state index contributed by atoms with van der Waals surface area (Å²) < 4.78 is 1.88. The Hall–Kier alpha value is -1.19. The maximum absolute atomic E-state index is 11.7. The van der Waals surface area contributed by atoms with Crippen molar-refractivity contribution in [1.82, 2.24) is 14.8 Å². The number of rotatable bonds is 5. The molecule has 0 amide bonds. The molecule has 16 heavy (non-hydrogen) atoms. The van der Waals surface area contributed by atoms with Crippen LogP contribution in [0.5, 0.6) is 0 Å². The number of Topliss-reactive ketones (excluding diaryl/α,β-unsaturated/α-hetero) is 1. The van der Waals surface area contributed by atoms with Gasteiger partial charge in [0.05, 0.1) is 0 Å². The fourth-order valence-corrected chi connectivity index (χ4v) is 1.53. The molecule has 1 aromatic heterocycles. The quantitative estimate of drug-likeness (QED) is 0.769. The lowest BCUT2D eigenvalue weighted by Crippen LogP contribution is -2.20. The zero-order valence-electron chi connectivity index (χ0n) is 10.7. The third kappa shape index (κ3) is 3.43. The average molecular weight is 223 g/mol. The number of nitrogens with zero attached hydrogens (tertiary/aromatic N) is 3. The lowest BCUT2D eigenvalue weighted by atomic mass is 9.88. The molecule has 0 N–H and O–H groups in total. The molecule has 0 aromatic carbocycles. The van der Waals surface area contributed by atoms with Crippen molar-refractivity contribution in [3.05, 3.63) is 12.2 Å². The molecule has 0 atom stereocenters. The van der Waals surface area contributed by atoms with Crippen LogP contribution in [-0.2, 0) is 17.8 Å². The third-order valence-corrected chi connectivity index (χ3v) is 2.64. The molecular weight excluding hydrogens is 202 g/mol. The van der Waals surface area contributed by atoms with Crippen molar-refractivity contribution in [1.29, 1.82) is 0 Å². The van der Waals surface area contributed by atoms with Gasteiger partial charge in [0.2, 0.25) is 0 Å². The van der Waals surface area contributed by atoms with Gasteiger partial charge in [-0.2, -0.15) is 5.10 Å². The summed E-state index contributed by atoms with van der Waals surface area (Å²) in [6.07, 6.45) is 3.88. The molecule has 0 saturated carbocycles. The Morgan fingerprint density at radius 3 is 2.69 bits per heavy atom. The standard InChI is InChI=1S/C12H21N3O/c1-5-15-11(13-9-14-15)8-6-7-10(16)12(2,3)4/h9H,5-8H2,1-4H3. The smallest absolute Gasteiger partial charge is 0.138 e. The van der Waals surface area contributed by atoms with E-state index in [1.54, 1.807) is 6.33 Å². The average Bonchev–Trinajstić information content (AvgIpc) is 2.63. The van der Waals surface area contributed by atoms with Gasteiger partial charge in [0.15, 0.2) is 0 Å².